The van der Waals surface area contributed by atoms with E-state index in [0.29, 0.717) is 22.0 Å². The molecule has 0 unspecified atom stereocenters. The van der Waals surface area contributed by atoms with Crippen LogP contribution in [0.15, 0.2) is 71.4 Å². The van der Waals surface area contributed by atoms with Crippen LogP contribution in [0.5, 0.6) is 0 Å². The quantitative estimate of drug-likeness (QED) is 0.588. The Morgan fingerprint density at radius 3 is 2.67 bits per heavy atom. The first kappa shape index (κ1) is 20.1. The highest BCUT2D eigenvalue weighted by atomic mass is 35.5. The second kappa shape index (κ2) is 7.94. The predicted molar refractivity (Wildman–Crippen MR) is 115 cm³/mol. The number of aryl methyl sites for hydroxylation is 1. The largest absolute Gasteiger partial charge is 0.465 e. The molecular weight excluding hydrogens is 402 g/mol. The molecule has 0 saturated heterocycles. The fourth-order valence-corrected chi connectivity index (χ4v) is 3.77. The van der Waals surface area contributed by atoms with Crippen molar-refractivity contribution in [3.8, 4) is 0 Å². The van der Waals surface area contributed by atoms with Gasteiger partial charge >= 0.3 is 0 Å². The topological polar surface area (TPSA) is 70.8 Å². The van der Waals surface area contributed by atoms with Crippen molar-refractivity contribution in [2.75, 3.05) is 4.90 Å². The molecule has 3 aromatic rings. The summed E-state index contributed by atoms with van der Waals surface area (Å²) in [4.78, 5) is 27.3. The molecule has 152 valence electrons. The lowest BCUT2D eigenvalue weighted by Gasteiger charge is -2.22. The van der Waals surface area contributed by atoms with Crippen molar-refractivity contribution < 1.29 is 19.1 Å². The molecule has 0 saturated carbocycles. The van der Waals surface area contributed by atoms with Crippen LogP contribution in [0.25, 0.3) is 6.08 Å². The van der Waals surface area contributed by atoms with E-state index in [9.17, 15) is 14.7 Å². The van der Waals surface area contributed by atoms with Crippen molar-refractivity contribution in [2.24, 2.45) is 0 Å². The fourth-order valence-electron chi connectivity index (χ4n) is 3.60. The highest BCUT2D eigenvalue weighted by molar-refractivity contribution is 6.31. The molecule has 0 radical (unpaired) electrons. The number of halogens is 1. The smallest absolute Gasteiger partial charge is 0.264 e. The minimum atomic E-state index is -1.98. The Hall–Kier alpha value is -3.15. The van der Waals surface area contributed by atoms with Gasteiger partial charge in [0.1, 0.15) is 5.76 Å². The molecule has 0 bridgehead atoms. The number of hydrogen-bond acceptors (Lipinski definition) is 4. The number of allylic oxidation sites excluding steroid dienone is 1. The Kier molecular flexibility index (Phi) is 5.33. The molecule has 1 aliphatic heterocycles. The standard InChI is InChI=1S/C24H20ClNO4/c1-16-4-6-17(7-5-16)15-26-22-11-8-18(25)13-21(22)24(29,23(26)28)14-19(27)9-10-20-3-2-12-30-20/h2-13,29H,14-15H2,1H3/b10-9-/t24-/m1/s1. The van der Waals surface area contributed by atoms with Crippen LogP contribution in [0.4, 0.5) is 5.69 Å². The molecule has 1 aliphatic rings. The van der Waals surface area contributed by atoms with Crippen molar-refractivity contribution in [1.82, 2.24) is 0 Å². The number of carbonyl (C=O) groups excluding carboxylic acids is 2. The summed E-state index contributed by atoms with van der Waals surface area (Å²) in [6.07, 6.45) is 3.92. The number of furan rings is 1. The highest BCUT2D eigenvalue weighted by Crippen LogP contribution is 2.44. The number of fused-ring (bicyclic) bond motifs is 1. The van der Waals surface area contributed by atoms with Gasteiger partial charge < -0.3 is 14.4 Å². The molecule has 2 aromatic carbocycles. The maximum Gasteiger partial charge on any atom is 0.264 e. The van der Waals surface area contributed by atoms with Gasteiger partial charge in [-0.15, -0.1) is 0 Å². The summed E-state index contributed by atoms with van der Waals surface area (Å²) < 4.78 is 5.17. The zero-order chi connectivity index (χ0) is 21.3. The van der Waals surface area contributed by atoms with E-state index in [1.54, 1.807) is 30.3 Å². The zero-order valence-electron chi connectivity index (χ0n) is 16.3. The Morgan fingerprint density at radius 1 is 1.20 bits per heavy atom. The van der Waals surface area contributed by atoms with Gasteiger partial charge in [-0.2, -0.15) is 0 Å². The van der Waals surface area contributed by atoms with Crippen molar-refractivity contribution in [2.45, 2.75) is 25.5 Å². The van der Waals surface area contributed by atoms with Gasteiger partial charge in [-0.3, -0.25) is 9.59 Å². The SMILES string of the molecule is Cc1ccc(CN2C(=O)[C@@](O)(CC(=O)/C=C\c3ccco3)c3cc(Cl)ccc32)cc1. The number of nitrogens with zero attached hydrogens (tertiary/aromatic N) is 1. The third-order valence-electron chi connectivity index (χ3n) is 5.16. The summed E-state index contributed by atoms with van der Waals surface area (Å²) in [5, 5.41) is 11.7. The van der Waals surface area contributed by atoms with Crippen molar-refractivity contribution in [1.29, 1.82) is 0 Å². The third kappa shape index (κ3) is 3.82. The van der Waals surface area contributed by atoms with Gasteiger partial charge in [-0.05, 0) is 55.0 Å². The van der Waals surface area contributed by atoms with Crippen LogP contribution in [0.3, 0.4) is 0 Å². The number of hydrogen-bond donors (Lipinski definition) is 1. The van der Waals surface area contributed by atoms with Gasteiger partial charge in [0.25, 0.3) is 5.91 Å². The Morgan fingerprint density at radius 2 is 1.97 bits per heavy atom. The van der Waals surface area contributed by atoms with E-state index in [2.05, 4.69) is 0 Å². The molecule has 1 aromatic heterocycles. The first-order chi connectivity index (χ1) is 14.4. The highest BCUT2D eigenvalue weighted by Gasteiger charge is 2.50. The van der Waals surface area contributed by atoms with Crippen molar-refractivity contribution in [3.63, 3.8) is 0 Å². The Bertz CT molecular complexity index is 1120. The second-order valence-electron chi connectivity index (χ2n) is 7.39. The Labute approximate surface area is 179 Å². The van der Waals surface area contributed by atoms with Gasteiger partial charge in [0.2, 0.25) is 0 Å². The van der Waals surface area contributed by atoms with E-state index < -0.39 is 17.3 Å². The summed E-state index contributed by atoms with van der Waals surface area (Å²) in [6.45, 7) is 2.27. The molecule has 0 spiro atoms. The molecule has 1 atom stereocenters. The minimum absolute atomic E-state index is 0.284. The van der Waals surface area contributed by atoms with Gasteiger partial charge in [-0.25, -0.2) is 0 Å². The van der Waals surface area contributed by atoms with E-state index >= 15 is 0 Å². The summed E-state index contributed by atoms with van der Waals surface area (Å²) in [5.74, 6) is -0.428. The Balaban J connectivity index is 1.64. The van der Waals surface area contributed by atoms with E-state index in [4.69, 9.17) is 16.0 Å². The van der Waals surface area contributed by atoms with Crippen LogP contribution in [-0.2, 0) is 21.7 Å². The number of ketones is 1. The number of aliphatic hydroxyl groups is 1. The van der Waals surface area contributed by atoms with Crippen molar-refractivity contribution >= 4 is 35.1 Å². The lowest BCUT2D eigenvalue weighted by molar-refractivity contribution is -0.140. The molecule has 2 heterocycles. The molecular formula is C24H20ClNO4. The summed E-state index contributed by atoms with van der Waals surface area (Å²) in [5.41, 5.74) is 0.949. The molecule has 4 rings (SSSR count). The maximum atomic E-state index is 13.3. The van der Waals surface area contributed by atoms with Gasteiger partial charge in [0.05, 0.1) is 24.9 Å². The van der Waals surface area contributed by atoms with E-state index in [1.807, 2.05) is 31.2 Å². The molecule has 5 nitrogen and oxygen atoms in total. The lowest BCUT2D eigenvalue weighted by Crippen LogP contribution is -2.41. The molecule has 0 fully saturated rings. The minimum Gasteiger partial charge on any atom is -0.465 e. The number of carbonyl (C=O) groups is 2. The average Bonchev–Trinajstić information content (AvgIpc) is 3.30. The number of anilines is 1. The normalized spacial score (nSPS) is 18.2. The summed E-state index contributed by atoms with van der Waals surface area (Å²) >= 11 is 6.14. The summed E-state index contributed by atoms with van der Waals surface area (Å²) in [6, 6.07) is 16.1. The van der Waals surface area contributed by atoms with E-state index in [-0.39, 0.29) is 13.0 Å². The molecule has 0 aliphatic carbocycles. The average molecular weight is 422 g/mol. The third-order valence-corrected chi connectivity index (χ3v) is 5.40. The molecule has 30 heavy (non-hydrogen) atoms. The van der Waals surface area contributed by atoms with E-state index in [0.717, 1.165) is 11.1 Å². The van der Waals surface area contributed by atoms with Crippen LogP contribution >= 0.6 is 11.6 Å². The zero-order valence-corrected chi connectivity index (χ0v) is 17.1. The predicted octanol–water partition coefficient (Wildman–Crippen LogP) is 4.65. The first-order valence-electron chi connectivity index (χ1n) is 9.51. The molecule has 1 amide bonds. The first-order valence-corrected chi connectivity index (χ1v) is 9.89. The van der Waals surface area contributed by atoms with Crippen LogP contribution in [-0.4, -0.2) is 16.8 Å². The number of rotatable bonds is 6. The number of amides is 1. The maximum absolute atomic E-state index is 13.3. The monoisotopic (exact) mass is 421 g/mol. The van der Waals surface area contributed by atoms with Crippen LogP contribution in [0.1, 0.15) is 28.9 Å². The second-order valence-corrected chi connectivity index (χ2v) is 7.83. The molecule has 1 N–H and O–H groups in total. The van der Waals surface area contributed by atoms with Crippen LogP contribution in [0, 0.1) is 6.92 Å². The van der Waals surface area contributed by atoms with Gasteiger partial charge in [0, 0.05) is 10.6 Å². The lowest BCUT2D eigenvalue weighted by atomic mass is 9.90. The van der Waals surface area contributed by atoms with Crippen LogP contribution < -0.4 is 4.90 Å². The summed E-state index contributed by atoms with van der Waals surface area (Å²) in [7, 11) is 0. The van der Waals surface area contributed by atoms with Crippen molar-refractivity contribution in [3.05, 3.63) is 94.4 Å². The fraction of sp³-hybridized carbons (Fsp3) is 0.167. The number of benzene rings is 2. The van der Waals surface area contributed by atoms with E-state index in [1.165, 1.54) is 23.3 Å². The van der Waals surface area contributed by atoms with Crippen LogP contribution in [0.2, 0.25) is 5.02 Å². The molecule has 6 heteroatoms. The van der Waals surface area contributed by atoms with Gasteiger partial charge in [0.15, 0.2) is 11.4 Å². The van der Waals surface area contributed by atoms with Gasteiger partial charge in [-0.1, -0.05) is 41.4 Å².